The van der Waals surface area contributed by atoms with Gasteiger partial charge in [0.25, 0.3) is 0 Å². The van der Waals surface area contributed by atoms with Crippen molar-refractivity contribution in [1.82, 2.24) is 15.3 Å². The zero-order valence-electron chi connectivity index (χ0n) is 15.2. The number of carbonyl (C=O) groups excluding carboxylic acids is 1. The normalized spacial score (nSPS) is 10.6. The van der Waals surface area contributed by atoms with E-state index in [0.717, 1.165) is 11.1 Å². The summed E-state index contributed by atoms with van der Waals surface area (Å²) in [5.41, 5.74) is 1.71. The number of amides is 1. The highest BCUT2D eigenvalue weighted by Crippen LogP contribution is 2.15. The van der Waals surface area contributed by atoms with Gasteiger partial charge in [0, 0.05) is 24.8 Å². The number of nitrogens with one attached hydrogen (secondary N) is 2. The predicted octanol–water partition coefficient (Wildman–Crippen LogP) is 3.87. The fraction of sp³-hybridized carbons (Fsp3) is 0.316. The Morgan fingerprint density at radius 2 is 2.07 bits per heavy atom. The summed E-state index contributed by atoms with van der Waals surface area (Å²) in [6, 6.07) is 9.53. The van der Waals surface area contributed by atoms with Crippen molar-refractivity contribution in [2.45, 2.75) is 20.0 Å². The van der Waals surface area contributed by atoms with E-state index in [0.29, 0.717) is 31.9 Å². The van der Waals surface area contributed by atoms with E-state index in [4.69, 9.17) is 21.1 Å². The molecular weight excluding hydrogens is 368 g/mol. The lowest BCUT2D eigenvalue weighted by Crippen LogP contribution is -2.26. The van der Waals surface area contributed by atoms with E-state index >= 15 is 0 Å². The molecule has 0 aliphatic heterocycles. The topological polar surface area (TPSA) is 85.4 Å². The Morgan fingerprint density at radius 3 is 2.85 bits per heavy atom. The van der Waals surface area contributed by atoms with E-state index in [-0.39, 0.29) is 11.9 Å². The van der Waals surface area contributed by atoms with Gasteiger partial charge in [0.05, 0.1) is 12.9 Å². The standard InChI is InChI=1S/C19H23ClN4O3/c1-2-26-12-9-16-13-23-18(20)24-17(16)21-10-6-11-22-19(25)27-14-15-7-4-3-5-8-15/h3-5,7-9,12-13H,2,6,10-11,14H2,1H3,(H,22,25)(H,21,23,24)/b12-9-. The number of anilines is 1. The molecule has 0 spiro atoms. The van der Waals surface area contributed by atoms with Gasteiger partial charge in [-0.25, -0.2) is 14.8 Å². The third-order valence-electron chi connectivity index (χ3n) is 3.43. The number of rotatable bonds is 10. The van der Waals surface area contributed by atoms with E-state index in [1.165, 1.54) is 0 Å². The molecule has 7 nitrogen and oxygen atoms in total. The first-order valence-electron chi connectivity index (χ1n) is 8.68. The molecule has 0 aliphatic carbocycles. The monoisotopic (exact) mass is 390 g/mol. The average molecular weight is 391 g/mol. The number of nitrogens with zero attached hydrogens (tertiary/aromatic N) is 2. The third-order valence-corrected chi connectivity index (χ3v) is 3.61. The highest BCUT2D eigenvalue weighted by atomic mass is 35.5. The number of aromatic nitrogens is 2. The summed E-state index contributed by atoms with van der Waals surface area (Å²) in [5, 5.41) is 6.05. The Kier molecular flexibility index (Phi) is 8.92. The van der Waals surface area contributed by atoms with Gasteiger partial charge in [0.15, 0.2) is 0 Å². The van der Waals surface area contributed by atoms with Gasteiger partial charge in [0.2, 0.25) is 5.28 Å². The first-order valence-corrected chi connectivity index (χ1v) is 9.06. The molecule has 1 aromatic heterocycles. The van der Waals surface area contributed by atoms with Crippen molar-refractivity contribution < 1.29 is 14.3 Å². The quantitative estimate of drug-likeness (QED) is 0.364. The molecule has 2 rings (SSSR count). The molecule has 144 valence electrons. The van der Waals surface area contributed by atoms with Crippen LogP contribution in [-0.4, -0.2) is 35.8 Å². The molecule has 1 aromatic carbocycles. The largest absolute Gasteiger partial charge is 0.501 e. The highest BCUT2D eigenvalue weighted by molar-refractivity contribution is 6.28. The van der Waals surface area contributed by atoms with Crippen LogP contribution in [0.1, 0.15) is 24.5 Å². The fourth-order valence-corrected chi connectivity index (χ4v) is 2.24. The Balaban J connectivity index is 1.69. The van der Waals surface area contributed by atoms with Gasteiger partial charge in [-0.1, -0.05) is 30.3 Å². The van der Waals surface area contributed by atoms with Gasteiger partial charge in [0.1, 0.15) is 12.4 Å². The number of carbonyl (C=O) groups is 1. The van der Waals surface area contributed by atoms with Crippen molar-refractivity contribution >= 4 is 29.6 Å². The van der Waals surface area contributed by atoms with Crippen LogP contribution in [0, 0.1) is 0 Å². The Labute approximate surface area is 163 Å². The highest BCUT2D eigenvalue weighted by Gasteiger charge is 2.05. The summed E-state index contributed by atoms with van der Waals surface area (Å²) < 4.78 is 10.3. The first kappa shape index (κ1) is 20.5. The molecule has 0 saturated heterocycles. The van der Waals surface area contributed by atoms with Crippen LogP contribution < -0.4 is 10.6 Å². The van der Waals surface area contributed by atoms with E-state index in [1.807, 2.05) is 37.3 Å². The lowest BCUT2D eigenvalue weighted by atomic mass is 10.2. The molecular formula is C19H23ClN4O3. The molecule has 1 heterocycles. The lowest BCUT2D eigenvalue weighted by molar-refractivity contribution is 0.139. The summed E-state index contributed by atoms with van der Waals surface area (Å²) in [6.07, 6.45) is 5.22. The van der Waals surface area contributed by atoms with Gasteiger partial charge in [-0.15, -0.1) is 0 Å². The molecule has 0 bridgehead atoms. The maximum atomic E-state index is 11.7. The van der Waals surface area contributed by atoms with Crippen LogP contribution in [0.5, 0.6) is 0 Å². The average Bonchev–Trinajstić information content (AvgIpc) is 2.68. The van der Waals surface area contributed by atoms with E-state index < -0.39 is 6.09 Å². The van der Waals surface area contributed by atoms with Crippen LogP contribution >= 0.6 is 11.6 Å². The zero-order chi connectivity index (χ0) is 19.3. The van der Waals surface area contributed by atoms with Crippen molar-refractivity contribution in [3.8, 4) is 0 Å². The smallest absolute Gasteiger partial charge is 0.407 e. The molecule has 2 aromatic rings. The van der Waals surface area contributed by atoms with Crippen molar-refractivity contribution in [3.05, 3.63) is 59.2 Å². The number of alkyl carbamates (subject to hydrolysis) is 1. The Hall–Kier alpha value is -2.80. The summed E-state index contributed by atoms with van der Waals surface area (Å²) in [7, 11) is 0. The van der Waals surface area contributed by atoms with Crippen molar-refractivity contribution in [2.24, 2.45) is 0 Å². The summed E-state index contributed by atoms with van der Waals surface area (Å²) >= 11 is 5.85. The number of ether oxygens (including phenoxy) is 2. The molecule has 0 aliphatic rings. The fourth-order valence-electron chi connectivity index (χ4n) is 2.11. The molecule has 8 heteroatoms. The number of hydrogen-bond donors (Lipinski definition) is 2. The van der Waals surface area contributed by atoms with Crippen LogP contribution in [0.3, 0.4) is 0 Å². The second kappa shape index (κ2) is 11.7. The van der Waals surface area contributed by atoms with Gasteiger partial charge >= 0.3 is 6.09 Å². The van der Waals surface area contributed by atoms with Crippen LogP contribution in [0.4, 0.5) is 10.6 Å². The van der Waals surface area contributed by atoms with E-state index in [1.54, 1.807) is 18.5 Å². The molecule has 0 fully saturated rings. The summed E-state index contributed by atoms with van der Waals surface area (Å²) in [4.78, 5) is 19.8. The van der Waals surface area contributed by atoms with Crippen LogP contribution in [0.15, 0.2) is 42.8 Å². The maximum absolute atomic E-state index is 11.7. The van der Waals surface area contributed by atoms with Crippen LogP contribution in [-0.2, 0) is 16.1 Å². The second-order valence-corrected chi connectivity index (χ2v) is 5.81. The minimum absolute atomic E-state index is 0.161. The molecule has 27 heavy (non-hydrogen) atoms. The summed E-state index contributed by atoms with van der Waals surface area (Å²) in [6.45, 7) is 3.81. The van der Waals surface area contributed by atoms with Crippen molar-refractivity contribution in [1.29, 1.82) is 0 Å². The molecule has 0 radical (unpaired) electrons. The van der Waals surface area contributed by atoms with Gasteiger partial charge in [-0.2, -0.15) is 0 Å². The van der Waals surface area contributed by atoms with E-state index in [9.17, 15) is 4.79 Å². The van der Waals surface area contributed by atoms with Crippen molar-refractivity contribution in [2.75, 3.05) is 25.0 Å². The SMILES string of the molecule is CCO/C=C\c1cnc(Cl)nc1NCCCNC(=O)OCc1ccccc1. The van der Waals surface area contributed by atoms with Crippen LogP contribution in [0.25, 0.3) is 6.08 Å². The molecule has 0 unspecified atom stereocenters. The predicted molar refractivity (Wildman–Crippen MR) is 105 cm³/mol. The van der Waals surface area contributed by atoms with Crippen molar-refractivity contribution in [3.63, 3.8) is 0 Å². The van der Waals surface area contributed by atoms with E-state index in [2.05, 4.69) is 20.6 Å². The second-order valence-electron chi connectivity index (χ2n) is 5.47. The molecule has 0 saturated carbocycles. The third kappa shape index (κ3) is 7.96. The zero-order valence-corrected chi connectivity index (χ0v) is 15.9. The number of benzene rings is 1. The Morgan fingerprint density at radius 1 is 1.26 bits per heavy atom. The first-order chi connectivity index (χ1) is 13.2. The van der Waals surface area contributed by atoms with Gasteiger partial charge in [-0.3, -0.25) is 0 Å². The molecule has 0 atom stereocenters. The lowest BCUT2D eigenvalue weighted by Gasteiger charge is -2.10. The minimum Gasteiger partial charge on any atom is -0.501 e. The van der Waals surface area contributed by atoms with Gasteiger partial charge < -0.3 is 20.1 Å². The molecule has 1 amide bonds. The molecule has 2 N–H and O–H groups in total. The maximum Gasteiger partial charge on any atom is 0.407 e. The number of halogens is 1. The van der Waals surface area contributed by atoms with Gasteiger partial charge in [-0.05, 0) is 36.6 Å². The van der Waals surface area contributed by atoms with Crippen LogP contribution in [0.2, 0.25) is 5.28 Å². The number of hydrogen-bond acceptors (Lipinski definition) is 6. The Bertz CT molecular complexity index is 741. The summed E-state index contributed by atoms with van der Waals surface area (Å²) in [5.74, 6) is 0.609. The minimum atomic E-state index is -0.440.